The molecule has 0 spiro atoms. The molecule has 0 heterocycles. The molecule has 2 rings (SSSR count). The predicted octanol–water partition coefficient (Wildman–Crippen LogP) is 3.67. The summed E-state index contributed by atoms with van der Waals surface area (Å²) in [4.78, 5) is 12.0. The number of carbonyl (C=O) groups excluding carboxylic acids is 1. The van der Waals surface area contributed by atoms with Gasteiger partial charge in [0.05, 0.1) is 0 Å². The Morgan fingerprint density at radius 1 is 1.38 bits per heavy atom. The quantitative estimate of drug-likeness (QED) is 0.813. The molecule has 0 radical (unpaired) electrons. The largest absolute Gasteiger partial charge is 0.435 e. The van der Waals surface area contributed by atoms with Gasteiger partial charge in [-0.15, -0.1) is 11.6 Å². The number of hydrogen-bond acceptors (Lipinski definition) is 2. The van der Waals surface area contributed by atoms with Crippen LogP contribution < -0.4 is 10.1 Å². The van der Waals surface area contributed by atoms with Crippen molar-refractivity contribution in [3.63, 3.8) is 0 Å². The lowest BCUT2D eigenvalue weighted by molar-refractivity contribution is -0.0498. The first-order valence-corrected chi connectivity index (χ1v) is 7.52. The van der Waals surface area contributed by atoms with Crippen LogP contribution in [-0.2, 0) is 0 Å². The van der Waals surface area contributed by atoms with E-state index in [1.54, 1.807) is 6.07 Å². The van der Waals surface area contributed by atoms with Crippen LogP contribution in [0.1, 0.15) is 29.6 Å². The van der Waals surface area contributed by atoms with Gasteiger partial charge in [0.15, 0.2) is 0 Å². The van der Waals surface area contributed by atoms with Gasteiger partial charge in [-0.25, -0.2) is 0 Å². The zero-order chi connectivity index (χ0) is 15.2. The molecule has 116 valence electrons. The number of alkyl halides is 3. The molecule has 0 aromatic heterocycles. The SMILES string of the molecule is O=C(NCC1CCCC1CCl)c1cccc(OC(F)F)c1. The van der Waals surface area contributed by atoms with Crippen LogP contribution >= 0.6 is 11.6 Å². The van der Waals surface area contributed by atoms with Gasteiger partial charge in [-0.1, -0.05) is 12.5 Å². The Labute approximate surface area is 127 Å². The van der Waals surface area contributed by atoms with E-state index >= 15 is 0 Å². The molecule has 1 aliphatic rings. The van der Waals surface area contributed by atoms with E-state index in [9.17, 15) is 13.6 Å². The fraction of sp³-hybridized carbons (Fsp3) is 0.533. The second-order valence-corrected chi connectivity index (χ2v) is 5.53. The Balaban J connectivity index is 1.91. The Morgan fingerprint density at radius 2 is 2.14 bits per heavy atom. The molecule has 1 N–H and O–H groups in total. The minimum absolute atomic E-state index is 0.0165. The predicted molar refractivity (Wildman–Crippen MR) is 77.0 cm³/mol. The molecule has 2 unspecified atom stereocenters. The summed E-state index contributed by atoms with van der Waals surface area (Å²) >= 11 is 5.90. The zero-order valence-electron chi connectivity index (χ0n) is 11.5. The van der Waals surface area contributed by atoms with Crippen LogP contribution in [-0.4, -0.2) is 24.9 Å². The number of hydrogen-bond donors (Lipinski definition) is 1. The number of ether oxygens (including phenoxy) is 1. The van der Waals surface area contributed by atoms with Crippen LogP contribution in [0.5, 0.6) is 5.75 Å². The lowest BCUT2D eigenvalue weighted by Gasteiger charge is -2.17. The van der Waals surface area contributed by atoms with Gasteiger partial charge >= 0.3 is 6.61 Å². The van der Waals surface area contributed by atoms with Gasteiger partial charge in [0.2, 0.25) is 0 Å². The van der Waals surface area contributed by atoms with Gasteiger partial charge in [0.25, 0.3) is 5.91 Å². The highest BCUT2D eigenvalue weighted by Gasteiger charge is 2.26. The van der Waals surface area contributed by atoms with E-state index in [0.717, 1.165) is 19.3 Å². The van der Waals surface area contributed by atoms with E-state index in [4.69, 9.17) is 11.6 Å². The van der Waals surface area contributed by atoms with Crippen LogP contribution in [0, 0.1) is 11.8 Å². The van der Waals surface area contributed by atoms with Crippen molar-refractivity contribution in [1.82, 2.24) is 5.32 Å². The summed E-state index contributed by atoms with van der Waals surface area (Å²) < 4.78 is 28.6. The van der Waals surface area contributed by atoms with Crippen molar-refractivity contribution in [2.45, 2.75) is 25.9 Å². The summed E-state index contributed by atoms with van der Waals surface area (Å²) in [5.74, 6) is 1.15. The van der Waals surface area contributed by atoms with Crippen molar-refractivity contribution >= 4 is 17.5 Å². The monoisotopic (exact) mass is 317 g/mol. The summed E-state index contributed by atoms with van der Waals surface area (Å²) in [7, 11) is 0. The van der Waals surface area contributed by atoms with E-state index in [1.807, 2.05) is 0 Å². The topological polar surface area (TPSA) is 38.3 Å². The molecule has 1 aromatic rings. The minimum atomic E-state index is -2.90. The lowest BCUT2D eigenvalue weighted by Crippen LogP contribution is -2.31. The molecule has 21 heavy (non-hydrogen) atoms. The average Bonchev–Trinajstić information content (AvgIpc) is 2.91. The lowest BCUT2D eigenvalue weighted by atomic mass is 9.98. The van der Waals surface area contributed by atoms with Crippen LogP contribution in [0.25, 0.3) is 0 Å². The van der Waals surface area contributed by atoms with Gasteiger partial charge in [0.1, 0.15) is 5.75 Å². The molecule has 1 saturated carbocycles. The number of amides is 1. The molecule has 2 atom stereocenters. The van der Waals surface area contributed by atoms with E-state index in [-0.39, 0.29) is 11.7 Å². The Hall–Kier alpha value is -1.36. The molecule has 0 bridgehead atoms. The number of nitrogens with one attached hydrogen (secondary N) is 1. The summed E-state index contributed by atoms with van der Waals surface area (Å²) in [6.45, 7) is -2.33. The molecule has 6 heteroatoms. The second kappa shape index (κ2) is 7.59. The summed E-state index contributed by atoms with van der Waals surface area (Å²) in [5.41, 5.74) is 0.313. The fourth-order valence-electron chi connectivity index (χ4n) is 2.72. The highest BCUT2D eigenvalue weighted by molar-refractivity contribution is 6.18. The number of carbonyl (C=O) groups is 1. The van der Waals surface area contributed by atoms with Crippen molar-refractivity contribution in [1.29, 1.82) is 0 Å². The first kappa shape index (κ1) is 16.0. The van der Waals surface area contributed by atoms with Crippen molar-refractivity contribution in [3.05, 3.63) is 29.8 Å². The molecule has 0 aliphatic heterocycles. The molecular weight excluding hydrogens is 300 g/mol. The van der Waals surface area contributed by atoms with Crippen molar-refractivity contribution in [3.8, 4) is 5.75 Å². The maximum absolute atomic E-state index is 12.2. The third-order valence-corrected chi connectivity index (χ3v) is 4.26. The zero-order valence-corrected chi connectivity index (χ0v) is 12.3. The van der Waals surface area contributed by atoms with E-state index in [1.165, 1.54) is 18.2 Å². The Bertz CT molecular complexity index is 484. The number of benzene rings is 1. The molecule has 1 aromatic carbocycles. The molecule has 0 saturated heterocycles. The van der Waals surface area contributed by atoms with Gasteiger partial charge in [0, 0.05) is 18.0 Å². The first-order chi connectivity index (χ1) is 10.1. The van der Waals surface area contributed by atoms with Gasteiger partial charge < -0.3 is 10.1 Å². The standard InChI is InChI=1S/C15H18ClF2NO2/c16-8-11-4-1-5-12(11)9-19-14(20)10-3-2-6-13(7-10)21-15(17)18/h2-3,6-7,11-12,15H,1,4-5,8-9H2,(H,19,20). The van der Waals surface area contributed by atoms with E-state index in [2.05, 4.69) is 10.1 Å². The molecule has 1 amide bonds. The second-order valence-electron chi connectivity index (χ2n) is 5.22. The highest BCUT2D eigenvalue weighted by atomic mass is 35.5. The maximum Gasteiger partial charge on any atom is 0.387 e. The van der Waals surface area contributed by atoms with Crippen molar-refractivity contribution in [2.75, 3.05) is 12.4 Å². The van der Waals surface area contributed by atoms with Crippen LogP contribution in [0.3, 0.4) is 0 Å². The average molecular weight is 318 g/mol. The van der Waals surface area contributed by atoms with Crippen LogP contribution in [0.4, 0.5) is 8.78 Å². The van der Waals surface area contributed by atoms with Gasteiger partial charge in [-0.2, -0.15) is 8.78 Å². The maximum atomic E-state index is 12.2. The Morgan fingerprint density at radius 3 is 2.86 bits per heavy atom. The van der Waals surface area contributed by atoms with Gasteiger partial charge in [-0.3, -0.25) is 4.79 Å². The Kier molecular flexibility index (Phi) is 5.79. The van der Waals surface area contributed by atoms with E-state index < -0.39 is 6.61 Å². The number of rotatable bonds is 6. The normalized spacial score (nSPS) is 21.5. The van der Waals surface area contributed by atoms with Crippen LogP contribution in [0.15, 0.2) is 24.3 Å². The summed E-state index contributed by atoms with van der Waals surface area (Å²) in [5, 5.41) is 2.85. The van der Waals surface area contributed by atoms with Gasteiger partial charge in [-0.05, 0) is 42.9 Å². The molecular formula is C15H18ClF2NO2. The number of halogens is 3. The fourth-order valence-corrected chi connectivity index (χ4v) is 3.13. The molecule has 1 aliphatic carbocycles. The smallest absolute Gasteiger partial charge is 0.387 e. The molecule has 1 fully saturated rings. The molecule has 3 nitrogen and oxygen atoms in total. The van der Waals surface area contributed by atoms with Crippen molar-refractivity contribution < 1.29 is 18.3 Å². The summed E-state index contributed by atoms with van der Waals surface area (Å²) in [6, 6.07) is 5.80. The minimum Gasteiger partial charge on any atom is -0.435 e. The third kappa shape index (κ3) is 4.56. The third-order valence-electron chi connectivity index (χ3n) is 3.86. The van der Waals surface area contributed by atoms with Crippen LogP contribution in [0.2, 0.25) is 0 Å². The van der Waals surface area contributed by atoms with E-state index in [0.29, 0.717) is 29.8 Å². The first-order valence-electron chi connectivity index (χ1n) is 6.99. The van der Waals surface area contributed by atoms with Crippen molar-refractivity contribution in [2.24, 2.45) is 11.8 Å². The highest BCUT2D eigenvalue weighted by Crippen LogP contribution is 2.32. The summed E-state index contributed by atoms with van der Waals surface area (Å²) in [6.07, 6.45) is 3.30.